The highest BCUT2D eigenvalue weighted by Crippen LogP contribution is 2.02. The molecule has 0 fully saturated rings. The Labute approximate surface area is 115 Å². The lowest BCUT2D eigenvalue weighted by molar-refractivity contribution is 0.319. The largest absolute Gasteiger partial charge is 0.306 e. The van der Waals surface area contributed by atoms with Gasteiger partial charge in [-0.1, -0.05) is 38.2 Å². The summed E-state index contributed by atoms with van der Waals surface area (Å²) in [7, 11) is 2.25. The van der Waals surface area contributed by atoms with Crippen molar-refractivity contribution in [3.05, 3.63) is 24.3 Å². The Morgan fingerprint density at radius 1 is 0.667 bits per heavy atom. The molecule has 18 heavy (non-hydrogen) atoms. The van der Waals surface area contributed by atoms with Crippen molar-refractivity contribution in [3.63, 3.8) is 0 Å². The standard InChI is InChI=1S/C17H33N/c1-4-6-8-10-12-14-16-18(3)17-15-13-11-9-7-5-2/h6-9H,4-5,10-17H2,1-3H3/b8-6+,9-7+. The monoisotopic (exact) mass is 251 g/mol. The lowest BCUT2D eigenvalue weighted by Gasteiger charge is -2.15. The number of nitrogens with zero attached hydrogens (tertiary/aromatic N) is 1. The molecule has 1 nitrogen and oxygen atoms in total. The van der Waals surface area contributed by atoms with E-state index in [2.05, 4.69) is 50.1 Å². The van der Waals surface area contributed by atoms with Gasteiger partial charge < -0.3 is 4.90 Å². The van der Waals surface area contributed by atoms with Crippen molar-refractivity contribution in [2.24, 2.45) is 0 Å². The maximum Gasteiger partial charge on any atom is -0.00217 e. The first-order chi connectivity index (χ1) is 8.81. The van der Waals surface area contributed by atoms with Crippen molar-refractivity contribution in [1.29, 1.82) is 0 Å². The van der Waals surface area contributed by atoms with E-state index in [-0.39, 0.29) is 0 Å². The molecule has 1 heteroatoms. The van der Waals surface area contributed by atoms with E-state index in [1.165, 1.54) is 64.5 Å². The molecule has 0 saturated carbocycles. The Kier molecular flexibility index (Phi) is 14.0. The minimum Gasteiger partial charge on any atom is -0.306 e. The van der Waals surface area contributed by atoms with Gasteiger partial charge in [-0.25, -0.2) is 0 Å². The maximum atomic E-state index is 2.48. The Bertz CT molecular complexity index is 184. The Morgan fingerprint density at radius 3 is 1.50 bits per heavy atom. The second kappa shape index (κ2) is 14.5. The van der Waals surface area contributed by atoms with Crippen LogP contribution in [0.5, 0.6) is 0 Å². The topological polar surface area (TPSA) is 3.24 Å². The molecule has 106 valence electrons. The molecule has 0 saturated heterocycles. The fourth-order valence-corrected chi connectivity index (χ4v) is 1.97. The Hall–Kier alpha value is -0.560. The third-order valence-electron chi connectivity index (χ3n) is 3.13. The smallest absolute Gasteiger partial charge is 0.00217 e. The summed E-state index contributed by atoms with van der Waals surface area (Å²) >= 11 is 0. The predicted octanol–water partition coefficient (Wildman–Crippen LogP) is 5.19. The van der Waals surface area contributed by atoms with Crippen LogP contribution in [-0.4, -0.2) is 25.0 Å². The third kappa shape index (κ3) is 13.5. The van der Waals surface area contributed by atoms with Crippen molar-refractivity contribution < 1.29 is 0 Å². The van der Waals surface area contributed by atoms with Crippen LogP contribution in [0, 0.1) is 0 Å². The summed E-state index contributed by atoms with van der Waals surface area (Å²) in [5.41, 5.74) is 0. The summed E-state index contributed by atoms with van der Waals surface area (Å²) in [5.74, 6) is 0. The molecule has 0 aromatic rings. The van der Waals surface area contributed by atoms with Crippen LogP contribution in [0.1, 0.15) is 65.2 Å². The van der Waals surface area contributed by atoms with E-state index < -0.39 is 0 Å². The van der Waals surface area contributed by atoms with Crippen LogP contribution in [0.3, 0.4) is 0 Å². The number of rotatable bonds is 12. The fourth-order valence-electron chi connectivity index (χ4n) is 1.97. The number of hydrogen-bond acceptors (Lipinski definition) is 1. The first kappa shape index (κ1) is 17.4. The van der Waals surface area contributed by atoms with Crippen molar-refractivity contribution in [2.45, 2.75) is 65.2 Å². The summed E-state index contributed by atoms with van der Waals surface area (Å²) < 4.78 is 0. The van der Waals surface area contributed by atoms with Crippen LogP contribution in [0.25, 0.3) is 0 Å². The molecule has 0 aromatic heterocycles. The molecule has 0 rings (SSSR count). The predicted molar refractivity (Wildman–Crippen MR) is 84.1 cm³/mol. The van der Waals surface area contributed by atoms with Gasteiger partial charge in [0, 0.05) is 0 Å². The normalized spacial score (nSPS) is 12.2. The zero-order valence-electron chi connectivity index (χ0n) is 12.8. The molecule has 0 aliphatic carbocycles. The average molecular weight is 251 g/mol. The molecular weight excluding hydrogens is 218 g/mol. The summed E-state index contributed by atoms with van der Waals surface area (Å²) in [6, 6.07) is 0. The van der Waals surface area contributed by atoms with Gasteiger partial charge in [-0.05, 0) is 71.5 Å². The summed E-state index contributed by atoms with van der Waals surface area (Å²) in [6.45, 7) is 6.90. The van der Waals surface area contributed by atoms with E-state index in [0.717, 1.165) is 0 Å². The quantitative estimate of drug-likeness (QED) is 0.341. The van der Waals surface area contributed by atoms with E-state index in [0.29, 0.717) is 0 Å². The molecule has 0 atom stereocenters. The summed E-state index contributed by atoms with van der Waals surface area (Å²) in [6.07, 6.45) is 19.4. The zero-order valence-corrected chi connectivity index (χ0v) is 12.8. The first-order valence-corrected chi connectivity index (χ1v) is 7.79. The third-order valence-corrected chi connectivity index (χ3v) is 3.13. The maximum absolute atomic E-state index is 2.48. The minimum absolute atomic E-state index is 1.17. The van der Waals surface area contributed by atoms with E-state index >= 15 is 0 Å². The minimum atomic E-state index is 1.17. The fraction of sp³-hybridized carbons (Fsp3) is 0.765. The first-order valence-electron chi connectivity index (χ1n) is 7.79. The van der Waals surface area contributed by atoms with E-state index in [1.807, 2.05) is 0 Å². The summed E-state index contributed by atoms with van der Waals surface area (Å²) in [5, 5.41) is 0. The highest BCUT2D eigenvalue weighted by molar-refractivity contribution is 4.80. The highest BCUT2D eigenvalue weighted by atomic mass is 15.1. The molecule has 0 bridgehead atoms. The molecule has 0 radical (unpaired) electrons. The molecule has 0 aromatic carbocycles. The molecule has 0 heterocycles. The molecule has 0 spiro atoms. The molecule has 0 amide bonds. The van der Waals surface area contributed by atoms with Gasteiger partial charge in [0.2, 0.25) is 0 Å². The van der Waals surface area contributed by atoms with Crippen LogP contribution in [0.4, 0.5) is 0 Å². The van der Waals surface area contributed by atoms with Crippen molar-refractivity contribution in [2.75, 3.05) is 20.1 Å². The Morgan fingerprint density at radius 2 is 1.11 bits per heavy atom. The van der Waals surface area contributed by atoms with Gasteiger partial charge in [0.1, 0.15) is 0 Å². The van der Waals surface area contributed by atoms with Crippen molar-refractivity contribution in [3.8, 4) is 0 Å². The van der Waals surface area contributed by atoms with E-state index in [9.17, 15) is 0 Å². The average Bonchev–Trinajstić information content (AvgIpc) is 2.38. The lowest BCUT2D eigenvalue weighted by atomic mass is 10.2. The SMILES string of the molecule is CC/C=C/CCCCN(C)CCCC/C=C/CC. The zero-order chi connectivity index (χ0) is 13.5. The van der Waals surface area contributed by atoms with Crippen molar-refractivity contribution in [1.82, 2.24) is 4.90 Å². The molecule has 0 unspecified atom stereocenters. The van der Waals surface area contributed by atoms with Crippen LogP contribution >= 0.6 is 0 Å². The second-order valence-corrected chi connectivity index (χ2v) is 5.05. The number of hydrogen-bond donors (Lipinski definition) is 0. The molecule has 0 aliphatic heterocycles. The molecular formula is C17H33N. The lowest BCUT2D eigenvalue weighted by Crippen LogP contribution is -2.20. The van der Waals surface area contributed by atoms with Crippen LogP contribution in [0.2, 0.25) is 0 Å². The van der Waals surface area contributed by atoms with Gasteiger partial charge in [0.25, 0.3) is 0 Å². The highest BCUT2D eigenvalue weighted by Gasteiger charge is 1.97. The molecule has 0 aliphatic rings. The Balaban J connectivity index is 3.24. The molecule has 0 N–H and O–H groups in total. The number of unbranched alkanes of at least 4 members (excludes halogenated alkanes) is 4. The van der Waals surface area contributed by atoms with Crippen molar-refractivity contribution >= 4 is 0 Å². The van der Waals surface area contributed by atoms with Gasteiger partial charge in [-0.2, -0.15) is 0 Å². The van der Waals surface area contributed by atoms with Gasteiger partial charge >= 0.3 is 0 Å². The van der Waals surface area contributed by atoms with Gasteiger partial charge in [0.15, 0.2) is 0 Å². The van der Waals surface area contributed by atoms with Crippen LogP contribution < -0.4 is 0 Å². The summed E-state index contributed by atoms with van der Waals surface area (Å²) in [4.78, 5) is 2.48. The van der Waals surface area contributed by atoms with Crippen LogP contribution in [0.15, 0.2) is 24.3 Å². The number of allylic oxidation sites excluding steroid dienone is 4. The van der Waals surface area contributed by atoms with E-state index in [4.69, 9.17) is 0 Å². The second-order valence-electron chi connectivity index (χ2n) is 5.05. The van der Waals surface area contributed by atoms with Gasteiger partial charge in [-0.3, -0.25) is 0 Å². The van der Waals surface area contributed by atoms with Gasteiger partial charge in [0.05, 0.1) is 0 Å². The van der Waals surface area contributed by atoms with Crippen LogP contribution in [-0.2, 0) is 0 Å². The van der Waals surface area contributed by atoms with E-state index in [1.54, 1.807) is 0 Å². The van der Waals surface area contributed by atoms with Gasteiger partial charge in [-0.15, -0.1) is 0 Å².